The standard InChI is InChI=1S/C18H25N3OS/c1-2-7-16(17-8-6-12-22-17)21(11-3-1)14-15-13-19-18(23-15)20-9-4-5-10-20/h6,8,12-13,16H,1-5,7,9-11,14H2/t16-/m1/s1. The molecule has 124 valence electrons. The van der Waals surface area contributed by atoms with Gasteiger partial charge in [-0.05, 0) is 44.4 Å². The van der Waals surface area contributed by atoms with E-state index in [1.807, 2.05) is 17.4 Å². The number of hydrogen-bond donors (Lipinski definition) is 0. The first-order valence-electron chi connectivity index (χ1n) is 8.87. The summed E-state index contributed by atoms with van der Waals surface area (Å²) >= 11 is 1.87. The molecule has 0 spiro atoms. The maximum atomic E-state index is 5.72. The second-order valence-electron chi connectivity index (χ2n) is 6.65. The lowest BCUT2D eigenvalue weighted by molar-refractivity contribution is 0.171. The molecule has 1 atom stereocenters. The lowest BCUT2D eigenvalue weighted by Gasteiger charge is -2.27. The Balaban J connectivity index is 1.48. The Labute approximate surface area is 142 Å². The van der Waals surface area contributed by atoms with Crippen LogP contribution in [0.2, 0.25) is 0 Å². The highest BCUT2D eigenvalue weighted by Crippen LogP contribution is 2.33. The number of aromatic nitrogens is 1. The van der Waals surface area contributed by atoms with Crippen molar-refractivity contribution in [2.24, 2.45) is 0 Å². The third kappa shape index (κ3) is 3.45. The van der Waals surface area contributed by atoms with E-state index in [1.54, 1.807) is 6.26 Å². The van der Waals surface area contributed by atoms with E-state index >= 15 is 0 Å². The molecule has 5 heteroatoms. The van der Waals surface area contributed by atoms with Gasteiger partial charge in [0.25, 0.3) is 0 Å². The second-order valence-corrected chi connectivity index (χ2v) is 7.75. The average molecular weight is 331 g/mol. The predicted octanol–water partition coefficient (Wildman–Crippen LogP) is 4.45. The van der Waals surface area contributed by atoms with Gasteiger partial charge >= 0.3 is 0 Å². The summed E-state index contributed by atoms with van der Waals surface area (Å²) in [5.74, 6) is 1.12. The van der Waals surface area contributed by atoms with Crippen LogP contribution in [0.3, 0.4) is 0 Å². The van der Waals surface area contributed by atoms with E-state index in [-0.39, 0.29) is 0 Å². The van der Waals surface area contributed by atoms with E-state index in [9.17, 15) is 0 Å². The molecule has 0 radical (unpaired) electrons. The molecule has 2 aliphatic rings. The zero-order chi connectivity index (χ0) is 15.5. The van der Waals surface area contributed by atoms with Crippen LogP contribution in [0.1, 0.15) is 55.2 Å². The van der Waals surface area contributed by atoms with Crippen molar-refractivity contribution in [2.45, 2.75) is 51.1 Å². The molecular formula is C18H25N3OS. The van der Waals surface area contributed by atoms with E-state index < -0.39 is 0 Å². The van der Waals surface area contributed by atoms with Crippen LogP contribution >= 0.6 is 11.3 Å². The summed E-state index contributed by atoms with van der Waals surface area (Å²) in [6.07, 6.45) is 11.6. The SMILES string of the molecule is c1coc([C@H]2CCCCCN2Cc2cnc(N3CCCC3)s2)c1. The minimum Gasteiger partial charge on any atom is -0.468 e. The van der Waals surface area contributed by atoms with Crippen molar-refractivity contribution in [2.75, 3.05) is 24.5 Å². The van der Waals surface area contributed by atoms with Crippen LogP contribution < -0.4 is 4.90 Å². The molecule has 2 aromatic heterocycles. The van der Waals surface area contributed by atoms with Crippen molar-refractivity contribution < 1.29 is 4.42 Å². The molecule has 2 saturated heterocycles. The molecule has 23 heavy (non-hydrogen) atoms. The van der Waals surface area contributed by atoms with Gasteiger partial charge in [0.2, 0.25) is 0 Å². The van der Waals surface area contributed by atoms with Gasteiger partial charge in [0.1, 0.15) is 5.76 Å². The first-order valence-corrected chi connectivity index (χ1v) is 9.69. The fourth-order valence-electron chi connectivity index (χ4n) is 3.79. The quantitative estimate of drug-likeness (QED) is 0.828. The van der Waals surface area contributed by atoms with Crippen molar-refractivity contribution in [3.05, 3.63) is 35.2 Å². The highest BCUT2D eigenvalue weighted by molar-refractivity contribution is 7.15. The summed E-state index contributed by atoms with van der Waals surface area (Å²) < 4.78 is 5.72. The Kier molecular flexibility index (Phi) is 4.67. The minimum atomic E-state index is 0.421. The zero-order valence-corrected chi connectivity index (χ0v) is 14.4. The summed E-state index contributed by atoms with van der Waals surface area (Å²) in [6.45, 7) is 4.50. The van der Waals surface area contributed by atoms with Crippen LogP contribution in [0.5, 0.6) is 0 Å². The summed E-state index contributed by atoms with van der Waals surface area (Å²) in [5.41, 5.74) is 0. The van der Waals surface area contributed by atoms with Gasteiger partial charge in [-0.3, -0.25) is 4.90 Å². The van der Waals surface area contributed by atoms with Gasteiger partial charge in [0.05, 0.1) is 12.3 Å². The number of rotatable bonds is 4. The molecule has 2 fully saturated rings. The zero-order valence-electron chi connectivity index (χ0n) is 13.6. The van der Waals surface area contributed by atoms with E-state index in [1.165, 1.54) is 61.6 Å². The van der Waals surface area contributed by atoms with Crippen molar-refractivity contribution in [3.63, 3.8) is 0 Å². The molecule has 4 heterocycles. The van der Waals surface area contributed by atoms with E-state index in [0.29, 0.717) is 6.04 Å². The molecule has 0 saturated carbocycles. The molecular weight excluding hydrogens is 306 g/mol. The van der Waals surface area contributed by atoms with E-state index in [0.717, 1.165) is 18.8 Å². The minimum absolute atomic E-state index is 0.421. The monoisotopic (exact) mass is 331 g/mol. The molecule has 0 aliphatic carbocycles. The third-order valence-corrected chi connectivity index (χ3v) is 6.06. The van der Waals surface area contributed by atoms with Crippen molar-refractivity contribution >= 4 is 16.5 Å². The fourth-order valence-corrected chi connectivity index (χ4v) is 4.77. The summed E-state index contributed by atoms with van der Waals surface area (Å²) in [4.78, 5) is 11.1. The van der Waals surface area contributed by atoms with Crippen LogP contribution in [0.15, 0.2) is 29.0 Å². The Bertz CT molecular complexity index is 604. The molecule has 0 unspecified atom stereocenters. The Hall–Kier alpha value is -1.33. The first kappa shape index (κ1) is 15.2. The Morgan fingerprint density at radius 2 is 2.00 bits per heavy atom. The van der Waals surface area contributed by atoms with Crippen LogP contribution in [-0.4, -0.2) is 29.5 Å². The number of likely N-dealkylation sites (tertiary alicyclic amines) is 1. The van der Waals surface area contributed by atoms with Gasteiger partial charge in [-0.1, -0.05) is 12.8 Å². The van der Waals surface area contributed by atoms with Crippen molar-refractivity contribution in [1.29, 1.82) is 0 Å². The topological polar surface area (TPSA) is 32.5 Å². The maximum Gasteiger partial charge on any atom is 0.185 e. The average Bonchev–Trinajstić information content (AvgIpc) is 3.29. The molecule has 0 aromatic carbocycles. The molecule has 2 aliphatic heterocycles. The number of thiazole rings is 1. The first-order chi connectivity index (χ1) is 11.4. The molecule has 4 rings (SSSR count). The third-order valence-electron chi connectivity index (χ3n) is 5.01. The number of hydrogen-bond acceptors (Lipinski definition) is 5. The fraction of sp³-hybridized carbons (Fsp3) is 0.611. The summed E-state index contributed by atoms with van der Waals surface area (Å²) in [6, 6.07) is 4.56. The Morgan fingerprint density at radius 3 is 2.83 bits per heavy atom. The van der Waals surface area contributed by atoms with Gasteiger partial charge in [-0.15, -0.1) is 11.3 Å². The summed E-state index contributed by atoms with van der Waals surface area (Å²) in [7, 11) is 0. The molecule has 4 nitrogen and oxygen atoms in total. The smallest absolute Gasteiger partial charge is 0.185 e. The lowest BCUT2D eigenvalue weighted by Crippen LogP contribution is -2.27. The highest BCUT2D eigenvalue weighted by atomic mass is 32.1. The molecule has 0 bridgehead atoms. The van der Waals surface area contributed by atoms with Crippen LogP contribution in [0.25, 0.3) is 0 Å². The number of nitrogens with zero attached hydrogens (tertiary/aromatic N) is 3. The predicted molar refractivity (Wildman–Crippen MR) is 93.9 cm³/mol. The van der Waals surface area contributed by atoms with E-state index in [4.69, 9.17) is 4.42 Å². The van der Waals surface area contributed by atoms with Gasteiger partial charge in [0.15, 0.2) is 5.13 Å². The maximum absolute atomic E-state index is 5.72. The normalized spacial score (nSPS) is 23.3. The summed E-state index contributed by atoms with van der Waals surface area (Å²) in [5, 5.41) is 1.21. The van der Waals surface area contributed by atoms with Crippen LogP contribution in [0, 0.1) is 0 Å². The van der Waals surface area contributed by atoms with Crippen molar-refractivity contribution in [1.82, 2.24) is 9.88 Å². The second kappa shape index (κ2) is 7.05. The van der Waals surface area contributed by atoms with Crippen LogP contribution in [-0.2, 0) is 6.54 Å². The molecule has 2 aromatic rings. The molecule has 0 N–H and O–H groups in total. The van der Waals surface area contributed by atoms with Crippen molar-refractivity contribution in [3.8, 4) is 0 Å². The lowest BCUT2D eigenvalue weighted by atomic mass is 10.1. The largest absolute Gasteiger partial charge is 0.468 e. The van der Waals surface area contributed by atoms with Crippen LogP contribution in [0.4, 0.5) is 5.13 Å². The Morgan fingerprint density at radius 1 is 1.13 bits per heavy atom. The van der Waals surface area contributed by atoms with E-state index in [2.05, 4.69) is 27.0 Å². The van der Waals surface area contributed by atoms with Gasteiger partial charge in [-0.25, -0.2) is 4.98 Å². The van der Waals surface area contributed by atoms with Gasteiger partial charge < -0.3 is 9.32 Å². The van der Waals surface area contributed by atoms with Gasteiger partial charge in [-0.2, -0.15) is 0 Å². The number of furan rings is 1. The number of anilines is 1. The van der Waals surface area contributed by atoms with Gasteiger partial charge in [0, 0.05) is 30.7 Å². The molecule has 0 amide bonds. The highest BCUT2D eigenvalue weighted by Gasteiger charge is 2.25.